The lowest BCUT2D eigenvalue weighted by Crippen LogP contribution is -2.14. The summed E-state index contributed by atoms with van der Waals surface area (Å²) >= 11 is 10.8. The van der Waals surface area contributed by atoms with Crippen molar-refractivity contribution in [2.45, 2.75) is 32.2 Å². The molecule has 1 heterocycles. The third-order valence-corrected chi connectivity index (χ3v) is 5.99. The minimum absolute atomic E-state index is 0.0996. The first kappa shape index (κ1) is 21.7. The summed E-state index contributed by atoms with van der Waals surface area (Å²) in [5, 5.41) is 12.7. The third-order valence-electron chi connectivity index (χ3n) is 4.07. The van der Waals surface area contributed by atoms with E-state index in [1.165, 1.54) is 11.8 Å². The second-order valence-electron chi connectivity index (χ2n) is 6.19. The van der Waals surface area contributed by atoms with Crippen LogP contribution in [-0.4, -0.2) is 26.4 Å². The lowest BCUT2D eigenvalue weighted by Gasteiger charge is -2.10. The van der Waals surface area contributed by atoms with Gasteiger partial charge < -0.3 is 14.6 Å². The summed E-state index contributed by atoms with van der Waals surface area (Å²) < 4.78 is 8.73. The van der Waals surface area contributed by atoms with E-state index in [9.17, 15) is 4.79 Å². The van der Waals surface area contributed by atoms with Gasteiger partial charge in [-0.25, -0.2) is 0 Å². The van der Waals surface area contributed by atoms with E-state index in [4.69, 9.17) is 16.3 Å². The summed E-state index contributed by atoms with van der Waals surface area (Å²) in [5.74, 6) is 1.57. The van der Waals surface area contributed by atoms with E-state index in [0.717, 1.165) is 21.5 Å². The van der Waals surface area contributed by atoms with Gasteiger partial charge in [0.05, 0.1) is 5.75 Å². The quantitative estimate of drug-likeness (QED) is 0.428. The van der Waals surface area contributed by atoms with Crippen LogP contribution in [0.25, 0.3) is 0 Å². The van der Waals surface area contributed by atoms with E-state index < -0.39 is 0 Å². The number of benzene rings is 2. The Morgan fingerprint density at radius 1 is 1.24 bits per heavy atom. The summed E-state index contributed by atoms with van der Waals surface area (Å²) in [6.45, 7) is 4.90. The summed E-state index contributed by atoms with van der Waals surface area (Å²) in [4.78, 5) is 12.2. The number of aryl methyl sites for hydroxylation is 1. The lowest BCUT2D eigenvalue weighted by atomic mass is 10.2. The highest BCUT2D eigenvalue weighted by Crippen LogP contribution is 2.23. The van der Waals surface area contributed by atoms with Gasteiger partial charge >= 0.3 is 0 Å². The average Bonchev–Trinajstić information content (AvgIpc) is 3.11. The maximum atomic E-state index is 12.2. The zero-order valence-corrected chi connectivity index (χ0v) is 19.1. The van der Waals surface area contributed by atoms with Crippen LogP contribution in [-0.2, 0) is 17.9 Å². The van der Waals surface area contributed by atoms with Crippen molar-refractivity contribution in [3.8, 4) is 5.75 Å². The number of carbonyl (C=O) groups excluding carboxylic acids is 1. The number of hydrogen-bond acceptors (Lipinski definition) is 5. The standard InChI is InChI=1S/C20H20BrClN4O2S/c1-3-26-18(11-28-16-8-9-17(22)13(2)10-16)24-25-20(26)29-12-19(27)23-15-6-4-14(21)5-7-15/h4-10H,3,11-12H2,1-2H3,(H,23,27). The molecule has 1 amide bonds. The van der Waals surface area contributed by atoms with Crippen molar-refractivity contribution in [3.63, 3.8) is 0 Å². The molecule has 1 N–H and O–H groups in total. The topological polar surface area (TPSA) is 69.0 Å². The first-order valence-electron chi connectivity index (χ1n) is 8.95. The fourth-order valence-corrected chi connectivity index (χ4v) is 3.77. The predicted octanol–water partition coefficient (Wildman–Crippen LogP) is 5.33. The number of rotatable bonds is 8. The summed E-state index contributed by atoms with van der Waals surface area (Å²) in [5.41, 5.74) is 1.71. The van der Waals surface area contributed by atoms with Gasteiger partial charge in [0.1, 0.15) is 12.4 Å². The van der Waals surface area contributed by atoms with Crippen LogP contribution in [0, 0.1) is 6.92 Å². The molecule has 0 unspecified atom stereocenters. The van der Waals surface area contributed by atoms with Crippen LogP contribution in [0.5, 0.6) is 5.75 Å². The van der Waals surface area contributed by atoms with E-state index in [0.29, 0.717) is 22.5 Å². The second-order valence-corrected chi connectivity index (χ2v) is 8.45. The molecule has 0 fully saturated rings. The smallest absolute Gasteiger partial charge is 0.234 e. The zero-order valence-electron chi connectivity index (χ0n) is 16.0. The van der Waals surface area contributed by atoms with E-state index in [1.807, 2.05) is 60.9 Å². The molecule has 2 aromatic carbocycles. The molecule has 0 aliphatic rings. The fraction of sp³-hybridized carbons (Fsp3) is 0.250. The number of amides is 1. The van der Waals surface area contributed by atoms with Gasteiger partial charge in [-0.05, 0) is 61.9 Å². The molecule has 0 saturated carbocycles. The number of hydrogen-bond donors (Lipinski definition) is 1. The van der Waals surface area contributed by atoms with Crippen molar-refractivity contribution in [1.29, 1.82) is 0 Å². The lowest BCUT2D eigenvalue weighted by molar-refractivity contribution is -0.113. The summed E-state index contributed by atoms with van der Waals surface area (Å²) in [6.07, 6.45) is 0. The molecular formula is C20H20BrClN4O2S. The van der Waals surface area contributed by atoms with Crippen molar-refractivity contribution in [3.05, 3.63) is 63.3 Å². The molecule has 6 nitrogen and oxygen atoms in total. The minimum atomic E-state index is -0.0996. The van der Waals surface area contributed by atoms with Crippen LogP contribution < -0.4 is 10.1 Å². The van der Waals surface area contributed by atoms with Gasteiger partial charge in [0, 0.05) is 21.7 Å². The Labute approximate surface area is 187 Å². The molecule has 0 saturated heterocycles. The molecule has 0 atom stereocenters. The normalized spacial score (nSPS) is 10.8. The minimum Gasteiger partial charge on any atom is -0.486 e. The molecule has 0 aliphatic heterocycles. The van der Waals surface area contributed by atoms with Gasteiger partial charge in [0.2, 0.25) is 5.91 Å². The van der Waals surface area contributed by atoms with E-state index in [1.54, 1.807) is 0 Å². The van der Waals surface area contributed by atoms with Crippen molar-refractivity contribution >= 4 is 50.9 Å². The maximum Gasteiger partial charge on any atom is 0.234 e. The fourth-order valence-electron chi connectivity index (χ4n) is 2.57. The van der Waals surface area contributed by atoms with Gasteiger partial charge in [-0.1, -0.05) is 39.3 Å². The monoisotopic (exact) mass is 494 g/mol. The molecular weight excluding hydrogens is 476 g/mol. The Kier molecular flexibility index (Phi) is 7.57. The molecule has 0 bridgehead atoms. The Bertz CT molecular complexity index is 995. The molecule has 29 heavy (non-hydrogen) atoms. The SMILES string of the molecule is CCn1c(COc2ccc(Cl)c(C)c2)nnc1SCC(=O)Nc1ccc(Br)cc1. The Morgan fingerprint density at radius 3 is 2.69 bits per heavy atom. The Morgan fingerprint density at radius 2 is 2.00 bits per heavy atom. The van der Waals surface area contributed by atoms with E-state index >= 15 is 0 Å². The number of ether oxygens (including phenoxy) is 1. The Hall–Kier alpha value is -2.03. The van der Waals surface area contributed by atoms with Crippen molar-refractivity contribution in [2.75, 3.05) is 11.1 Å². The molecule has 3 rings (SSSR count). The predicted molar refractivity (Wildman–Crippen MR) is 120 cm³/mol. The van der Waals surface area contributed by atoms with Gasteiger partial charge in [0.25, 0.3) is 0 Å². The molecule has 0 aliphatic carbocycles. The largest absolute Gasteiger partial charge is 0.486 e. The molecule has 3 aromatic rings. The number of halogens is 2. The molecule has 0 spiro atoms. The van der Waals surface area contributed by atoms with Crippen molar-refractivity contribution in [1.82, 2.24) is 14.8 Å². The van der Waals surface area contributed by atoms with Crippen LogP contribution in [0.3, 0.4) is 0 Å². The number of aromatic nitrogens is 3. The van der Waals surface area contributed by atoms with Gasteiger partial charge in [-0.2, -0.15) is 0 Å². The highest BCUT2D eigenvalue weighted by molar-refractivity contribution is 9.10. The highest BCUT2D eigenvalue weighted by Gasteiger charge is 2.14. The molecule has 1 aromatic heterocycles. The van der Waals surface area contributed by atoms with Crippen LogP contribution in [0.4, 0.5) is 5.69 Å². The molecule has 152 valence electrons. The van der Waals surface area contributed by atoms with Crippen LogP contribution >= 0.6 is 39.3 Å². The highest BCUT2D eigenvalue weighted by atomic mass is 79.9. The van der Waals surface area contributed by atoms with Gasteiger partial charge in [-0.15, -0.1) is 10.2 Å². The Balaban J connectivity index is 1.57. The maximum absolute atomic E-state index is 12.2. The number of carbonyl (C=O) groups is 1. The number of thioether (sulfide) groups is 1. The van der Waals surface area contributed by atoms with Crippen LogP contribution in [0.1, 0.15) is 18.3 Å². The van der Waals surface area contributed by atoms with Crippen LogP contribution in [0.15, 0.2) is 52.1 Å². The number of nitrogens with one attached hydrogen (secondary N) is 1. The van der Waals surface area contributed by atoms with Crippen molar-refractivity contribution in [2.24, 2.45) is 0 Å². The first-order valence-corrected chi connectivity index (χ1v) is 11.1. The number of anilines is 1. The summed E-state index contributed by atoms with van der Waals surface area (Å²) in [7, 11) is 0. The van der Waals surface area contributed by atoms with Gasteiger partial charge in [-0.3, -0.25) is 4.79 Å². The van der Waals surface area contributed by atoms with E-state index in [2.05, 4.69) is 31.4 Å². The van der Waals surface area contributed by atoms with E-state index in [-0.39, 0.29) is 18.3 Å². The second kappa shape index (κ2) is 10.1. The third kappa shape index (κ3) is 5.98. The van der Waals surface area contributed by atoms with Gasteiger partial charge in [0.15, 0.2) is 11.0 Å². The first-order chi connectivity index (χ1) is 14.0. The molecule has 0 radical (unpaired) electrons. The summed E-state index contributed by atoms with van der Waals surface area (Å²) in [6, 6.07) is 13.0. The zero-order chi connectivity index (χ0) is 20.8. The van der Waals surface area contributed by atoms with Crippen LogP contribution in [0.2, 0.25) is 5.02 Å². The number of nitrogens with zero attached hydrogens (tertiary/aromatic N) is 3. The average molecular weight is 496 g/mol. The molecule has 9 heteroatoms. The van der Waals surface area contributed by atoms with Crippen molar-refractivity contribution < 1.29 is 9.53 Å².